The van der Waals surface area contributed by atoms with E-state index in [2.05, 4.69) is 40.5 Å². The highest BCUT2D eigenvalue weighted by Crippen LogP contribution is 2.41. The maximum Gasteiger partial charge on any atom is 0.274 e. The summed E-state index contributed by atoms with van der Waals surface area (Å²) in [5.41, 5.74) is 1.49. The van der Waals surface area contributed by atoms with Crippen LogP contribution in [-0.4, -0.2) is 37.8 Å². The number of hydrogen-bond donors (Lipinski definition) is 0. The highest BCUT2D eigenvalue weighted by atomic mass is 16.5. The Morgan fingerprint density at radius 1 is 1.45 bits per heavy atom. The minimum atomic E-state index is -0.136. The predicted octanol–water partition coefficient (Wildman–Crippen LogP) is 2.17. The summed E-state index contributed by atoms with van der Waals surface area (Å²) in [6, 6.07) is 1.93. The van der Waals surface area contributed by atoms with E-state index in [-0.39, 0.29) is 11.4 Å². The summed E-state index contributed by atoms with van der Waals surface area (Å²) in [6.07, 6.45) is 3.61. The average molecular weight is 303 g/mol. The molecule has 118 valence electrons. The van der Waals surface area contributed by atoms with E-state index in [1.807, 2.05) is 10.7 Å². The van der Waals surface area contributed by atoms with Crippen molar-refractivity contribution in [1.82, 2.24) is 24.8 Å². The third kappa shape index (κ3) is 2.88. The van der Waals surface area contributed by atoms with Crippen molar-refractivity contribution in [2.75, 3.05) is 7.05 Å². The first-order valence-corrected chi connectivity index (χ1v) is 7.47. The zero-order valence-electron chi connectivity index (χ0n) is 13.4. The van der Waals surface area contributed by atoms with E-state index in [1.54, 1.807) is 11.9 Å². The molecule has 2 heterocycles. The van der Waals surface area contributed by atoms with E-state index < -0.39 is 0 Å². The topological polar surface area (TPSA) is 77.0 Å². The second-order valence-electron chi connectivity index (χ2n) is 6.82. The lowest BCUT2D eigenvalue weighted by Gasteiger charge is -2.22. The zero-order chi connectivity index (χ0) is 15.9. The monoisotopic (exact) mass is 303 g/mol. The van der Waals surface area contributed by atoms with Crippen LogP contribution in [0.1, 0.15) is 61.5 Å². The highest BCUT2D eigenvalue weighted by molar-refractivity contribution is 5.92. The molecule has 22 heavy (non-hydrogen) atoms. The summed E-state index contributed by atoms with van der Waals surface area (Å²) in [6.45, 7) is 6.60. The van der Waals surface area contributed by atoms with Gasteiger partial charge in [0.2, 0.25) is 6.39 Å². The summed E-state index contributed by atoms with van der Waals surface area (Å²) in [5.74, 6) is 0.888. The van der Waals surface area contributed by atoms with Crippen molar-refractivity contribution in [3.63, 3.8) is 0 Å². The van der Waals surface area contributed by atoms with E-state index in [1.165, 1.54) is 19.2 Å². The first-order chi connectivity index (χ1) is 10.4. The number of amides is 1. The minimum Gasteiger partial charge on any atom is -0.343 e. The average Bonchev–Trinajstić information content (AvgIpc) is 2.99. The molecule has 0 bridgehead atoms. The molecule has 7 heteroatoms. The van der Waals surface area contributed by atoms with Gasteiger partial charge in [-0.05, 0) is 39.7 Å². The van der Waals surface area contributed by atoms with Gasteiger partial charge in [-0.2, -0.15) is 10.1 Å². The molecule has 0 spiro atoms. The Morgan fingerprint density at radius 2 is 2.18 bits per heavy atom. The molecule has 0 unspecified atom stereocenters. The van der Waals surface area contributed by atoms with E-state index in [9.17, 15) is 4.79 Å². The van der Waals surface area contributed by atoms with Crippen LogP contribution in [0.5, 0.6) is 0 Å². The molecule has 1 saturated carbocycles. The van der Waals surface area contributed by atoms with Gasteiger partial charge < -0.3 is 9.42 Å². The molecule has 2 aromatic rings. The number of hydrogen-bond acceptors (Lipinski definition) is 5. The summed E-state index contributed by atoms with van der Waals surface area (Å²) >= 11 is 0. The normalized spacial score (nSPS) is 15.1. The lowest BCUT2D eigenvalue weighted by molar-refractivity contribution is 0.0773. The van der Waals surface area contributed by atoms with Gasteiger partial charge in [0.25, 0.3) is 5.91 Å². The largest absolute Gasteiger partial charge is 0.343 e. The van der Waals surface area contributed by atoms with Crippen LogP contribution in [0.3, 0.4) is 0 Å². The lowest BCUT2D eigenvalue weighted by atomic mass is 10.1. The molecule has 1 amide bonds. The van der Waals surface area contributed by atoms with Crippen molar-refractivity contribution in [3.8, 4) is 0 Å². The standard InChI is InChI=1S/C15H21N5O2/c1-15(2,3)20-12(10-5-6-10)7-11(17-20)14(21)19(4)8-13-16-9-22-18-13/h7,9-10H,5-6,8H2,1-4H3. The van der Waals surface area contributed by atoms with Crippen LogP contribution < -0.4 is 0 Å². The van der Waals surface area contributed by atoms with Crippen molar-refractivity contribution in [2.45, 2.75) is 51.6 Å². The van der Waals surface area contributed by atoms with Gasteiger partial charge in [0.15, 0.2) is 11.5 Å². The number of nitrogens with zero attached hydrogens (tertiary/aromatic N) is 5. The zero-order valence-corrected chi connectivity index (χ0v) is 13.4. The summed E-state index contributed by atoms with van der Waals surface area (Å²) in [5, 5.41) is 8.28. The summed E-state index contributed by atoms with van der Waals surface area (Å²) in [7, 11) is 1.71. The first-order valence-electron chi connectivity index (χ1n) is 7.47. The van der Waals surface area contributed by atoms with Crippen LogP contribution in [0.2, 0.25) is 0 Å². The first kappa shape index (κ1) is 14.7. The molecule has 0 radical (unpaired) electrons. The van der Waals surface area contributed by atoms with Crippen molar-refractivity contribution in [3.05, 3.63) is 29.7 Å². The third-order valence-electron chi connectivity index (χ3n) is 3.72. The highest BCUT2D eigenvalue weighted by Gasteiger charge is 2.33. The van der Waals surface area contributed by atoms with Gasteiger partial charge >= 0.3 is 0 Å². The van der Waals surface area contributed by atoms with Crippen molar-refractivity contribution in [1.29, 1.82) is 0 Å². The number of carbonyl (C=O) groups is 1. The fourth-order valence-electron chi connectivity index (χ4n) is 2.45. The molecule has 1 fully saturated rings. The van der Waals surface area contributed by atoms with Gasteiger partial charge in [-0.3, -0.25) is 9.48 Å². The van der Waals surface area contributed by atoms with Crippen LogP contribution in [0, 0.1) is 0 Å². The van der Waals surface area contributed by atoms with Crippen LogP contribution >= 0.6 is 0 Å². The van der Waals surface area contributed by atoms with Gasteiger partial charge in [-0.25, -0.2) is 0 Å². The fourth-order valence-corrected chi connectivity index (χ4v) is 2.45. The molecular weight excluding hydrogens is 282 g/mol. The maximum atomic E-state index is 12.6. The molecule has 0 aromatic carbocycles. The fraction of sp³-hybridized carbons (Fsp3) is 0.600. The molecule has 1 aliphatic carbocycles. The Morgan fingerprint density at radius 3 is 2.73 bits per heavy atom. The van der Waals surface area contributed by atoms with Gasteiger partial charge in [-0.1, -0.05) is 5.16 Å². The molecule has 1 aliphatic rings. The molecule has 0 aliphatic heterocycles. The quantitative estimate of drug-likeness (QED) is 0.865. The Bertz CT molecular complexity index is 665. The second-order valence-corrected chi connectivity index (χ2v) is 6.82. The van der Waals surface area contributed by atoms with Gasteiger partial charge in [-0.15, -0.1) is 0 Å². The molecular formula is C15H21N5O2. The smallest absolute Gasteiger partial charge is 0.274 e. The number of aromatic nitrogens is 4. The van der Waals surface area contributed by atoms with Crippen molar-refractivity contribution >= 4 is 5.91 Å². The predicted molar refractivity (Wildman–Crippen MR) is 79.3 cm³/mol. The summed E-state index contributed by atoms with van der Waals surface area (Å²) < 4.78 is 6.68. The maximum absolute atomic E-state index is 12.6. The van der Waals surface area contributed by atoms with E-state index in [0.717, 1.165) is 5.69 Å². The molecule has 2 aromatic heterocycles. The Hall–Kier alpha value is -2.18. The van der Waals surface area contributed by atoms with Gasteiger partial charge in [0, 0.05) is 18.7 Å². The lowest BCUT2D eigenvalue weighted by Crippen LogP contribution is -2.29. The van der Waals surface area contributed by atoms with Crippen LogP contribution in [0.25, 0.3) is 0 Å². The van der Waals surface area contributed by atoms with Crippen LogP contribution in [-0.2, 0) is 12.1 Å². The van der Waals surface area contributed by atoms with Crippen molar-refractivity contribution < 1.29 is 9.32 Å². The molecule has 0 atom stereocenters. The molecule has 3 rings (SSSR count). The number of rotatable bonds is 4. The minimum absolute atomic E-state index is 0.130. The Labute approximate surface area is 129 Å². The second kappa shape index (κ2) is 5.23. The van der Waals surface area contributed by atoms with Gasteiger partial charge in [0.05, 0.1) is 12.1 Å². The van der Waals surface area contributed by atoms with E-state index >= 15 is 0 Å². The summed E-state index contributed by atoms with van der Waals surface area (Å²) in [4.78, 5) is 18.1. The molecule has 0 saturated heterocycles. The van der Waals surface area contributed by atoms with Crippen LogP contribution in [0.4, 0.5) is 0 Å². The molecule has 0 N–H and O–H groups in total. The van der Waals surface area contributed by atoms with Gasteiger partial charge in [0.1, 0.15) is 0 Å². The van der Waals surface area contributed by atoms with E-state index in [0.29, 0.717) is 24.0 Å². The van der Waals surface area contributed by atoms with Crippen LogP contribution in [0.15, 0.2) is 17.0 Å². The SMILES string of the molecule is CN(Cc1ncon1)C(=O)c1cc(C2CC2)n(C(C)(C)C)n1. The Balaban J connectivity index is 1.83. The van der Waals surface area contributed by atoms with Crippen molar-refractivity contribution in [2.24, 2.45) is 0 Å². The Kier molecular flexibility index (Phi) is 3.50. The van der Waals surface area contributed by atoms with E-state index in [4.69, 9.17) is 0 Å². The number of carbonyl (C=O) groups excluding carboxylic acids is 1. The third-order valence-corrected chi connectivity index (χ3v) is 3.72. The molecule has 7 nitrogen and oxygen atoms in total.